The first-order chi connectivity index (χ1) is 8.65. The van der Waals surface area contributed by atoms with Crippen LogP contribution in [0.4, 0.5) is 0 Å². The van der Waals surface area contributed by atoms with Gasteiger partial charge in [0.25, 0.3) is 0 Å². The molecule has 4 heteroatoms. The van der Waals surface area contributed by atoms with Gasteiger partial charge in [0.1, 0.15) is 5.15 Å². The highest BCUT2D eigenvalue weighted by molar-refractivity contribution is 6.29. The standard InChI is InChI=1S/C14H10ClNO2/c15-13-8-5-11(9-16-13)2-1-10-3-6-12(7-4-10)14(17)18/h1-9H,(H,17,18)/b2-1+. The minimum atomic E-state index is -0.924. The quantitative estimate of drug-likeness (QED) is 0.857. The lowest BCUT2D eigenvalue weighted by Crippen LogP contribution is -1.94. The van der Waals surface area contributed by atoms with Gasteiger partial charge >= 0.3 is 5.97 Å². The Labute approximate surface area is 109 Å². The predicted molar refractivity (Wildman–Crippen MR) is 71.6 cm³/mol. The highest BCUT2D eigenvalue weighted by Gasteiger charge is 1.99. The molecule has 2 rings (SSSR count). The normalized spacial score (nSPS) is 10.7. The van der Waals surface area contributed by atoms with E-state index in [-0.39, 0.29) is 5.56 Å². The predicted octanol–water partition coefficient (Wildman–Crippen LogP) is 3.60. The molecule has 1 N–H and O–H groups in total. The molecule has 0 atom stereocenters. The van der Waals surface area contributed by atoms with Gasteiger partial charge < -0.3 is 5.11 Å². The fourth-order valence-corrected chi connectivity index (χ4v) is 1.53. The second-order valence-electron chi connectivity index (χ2n) is 3.67. The summed E-state index contributed by atoms with van der Waals surface area (Å²) in [6.07, 6.45) is 5.44. The van der Waals surface area contributed by atoms with E-state index in [2.05, 4.69) is 4.98 Å². The fraction of sp³-hybridized carbons (Fsp3) is 0. The average Bonchev–Trinajstić information content (AvgIpc) is 2.38. The molecule has 3 nitrogen and oxygen atoms in total. The zero-order valence-electron chi connectivity index (χ0n) is 9.38. The molecular weight excluding hydrogens is 250 g/mol. The van der Waals surface area contributed by atoms with Gasteiger partial charge in [-0.2, -0.15) is 0 Å². The number of benzene rings is 1. The van der Waals surface area contributed by atoms with E-state index in [1.807, 2.05) is 18.2 Å². The highest BCUT2D eigenvalue weighted by Crippen LogP contribution is 2.11. The van der Waals surface area contributed by atoms with Gasteiger partial charge in [-0.1, -0.05) is 42.0 Å². The van der Waals surface area contributed by atoms with Crippen LogP contribution in [-0.2, 0) is 0 Å². The van der Waals surface area contributed by atoms with E-state index >= 15 is 0 Å². The summed E-state index contributed by atoms with van der Waals surface area (Å²) in [5, 5.41) is 9.23. The van der Waals surface area contributed by atoms with Crippen LogP contribution in [0.3, 0.4) is 0 Å². The Morgan fingerprint density at radius 1 is 1.06 bits per heavy atom. The number of hydrogen-bond donors (Lipinski definition) is 1. The van der Waals surface area contributed by atoms with Crippen molar-refractivity contribution >= 4 is 29.7 Å². The second-order valence-corrected chi connectivity index (χ2v) is 4.06. The van der Waals surface area contributed by atoms with E-state index in [4.69, 9.17) is 16.7 Å². The van der Waals surface area contributed by atoms with Gasteiger partial charge in [0.15, 0.2) is 0 Å². The Bertz CT molecular complexity index is 574. The maximum atomic E-state index is 10.7. The van der Waals surface area contributed by atoms with Gasteiger partial charge in [0, 0.05) is 6.20 Å². The maximum Gasteiger partial charge on any atom is 0.335 e. The number of aromatic carboxylic acids is 1. The zero-order chi connectivity index (χ0) is 13.0. The van der Waals surface area contributed by atoms with Gasteiger partial charge in [-0.3, -0.25) is 0 Å². The van der Waals surface area contributed by atoms with Crippen LogP contribution in [0.1, 0.15) is 21.5 Å². The third kappa shape index (κ3) is 3.18. The number of carboxylic acid groups (broad SMARTS) is 1. The van der Waals surface area contributed by atoms with Crippen molar-refractivity contribution in [3.63, 3.8) is 0 Å². The molecule has 0 unspecified atom stereocenters. The van der Waals surface area contributed by atoms with Crippen LogP contribution in [0.25, 0.3) is 12.2 Å². The van der Waals surface area contributed by atoms with Crippen LogP contribution in [-0.4, -0.2) is 16.1 Å². The smallest absolute Gasteiger partial charge is 0.335 e. The van der Waals surface area contributed by atoms with Crippen LogP contribution in [0.15, 0.2) is 42.6 Å². The minimum absolute atomic E-state index is 0.278. The Kier molecular flexibility index (Phi) is 3.75. The van der Waals surface area contributed by atoms with Crippen molar-refractivity contribution in [2.75, 3.05) is 0 Å². The molecule has 0 aliphatic heterocycles. The molecule has 0 saturated carbocycles. The average molecular weight is 260 g/mol. The molecule has 1 aromatic carbocycles. The van der Waals surface area contributed by atoms with E-state index in [1.54, 1.807) is 36.5 Å². The minimum Gasteiger partial charge on any atom is -0.478 e. The van der Waals surface area contributed by atoms with E-state index in [1.165, 1.54) is 0 Å². The summed E-state index contributed by atoms with van der Waals surface area (Å²) in [5.41, 5.74) is 2.14. The number of halogens is 1. The Balaban J connectivity index is 2.13. The summed E-state index contributed by atoms with van der Waals surface area (Å²) in [6, 6.07) is 10.2. The number of rotatable bonds is 3. The molecule has 18 heavy (non-hydrogen) atoms. The third-order valence-corrected chi connectivity index (χ3v) is 2.60. The summed E-state index contributed by atoms with van der Waals surface area (Å²) < 4.78 is 0. The Hall–Kier alpha value is -2.13. The number of pyridine rings is 1. The molecule has 90 valence electrons. The Morgan fingerprint density at radius 2 is 1.67 bits per heavy atom. The summed E-state index contributed by atoms with van der Waals surface area (Å²) in [7, 11) is 0. The van der Waals surface area contributed by atoms with Crippen LogP contribution in [0.5, 0.6) is 0 Å². The lowest BCUT2D eigenvalue weighted by atomic mass is 10.1. The maximum absolute atomic E-state index is 10.7. The summed E-state index contributed by atoms with van der Waals surface area (Å²) in [4.78, 5) is 14.6. The van der Waals surface area contributed by atoms with E-state index in [9.17, 15) is 4.79 Å². The van der Waals surface area contributed by atoms with E-state index in [0.717, 1.165) is 11.1 Å². The van der Waals surface area contributed by atoms with E-state index < -0.39 is 5.97 Å². The zero-order valence-corrected chi connectivity index (χ0v) is 10.1. The molecule has 1 aromatic heterocycles. The third-order valence-electron chi connectivity index (χ3n) is 2.38. The molecule has 0 fully saturated rings. The summed E-state index contributed by atoms with van der Waals surface area (Å²) in [5.74, 6) is -0.924. The lowest BCUT2D eigenvalue weighted by molar-refractivity contribution is 0.0697. The van der Waals surface area contributed by atoms with Crippen molar-refractivity contribution < 1.29 is 9.90 Å². The van der Waals surface area contributed by atoms with Gasteiger partial charge in [-0.25, -0.2) is 9.78 Å². The Morgan fingerprint density at radius 3 is 2.22 bits per heavy atom. The number of nitrogens with zero attached hydrogens (tertiary/aromatic N) is 1. The number of carbonyl (C=O) groups is 1. The summed E-state index contributed by atoms with van der Waals surface area (Å²) in [6.45, 7) is 0. The van der Waals surface area contributed by atoms with Gasteiger partial charge in [-0.15, -0.1) is 0 Å². The van der Waals surface area contributed by atoms with Crippen molar-refractivity contribution in [1.82, 2.24) is 4.98 Å². The van der Waals surface area contributed by atoms with Crippen LogP contribution < -0.4 is 0 Å². The summed E-state index contributed by atoms with van der Waals surface area (Å²) >= 11 is 5.69. The molecular formula is C14H10ClNO2. The largest absolute Gasteiger partial charge is 0.478 e. The van der Waals surface area contributed by atoms with Crippen molar-refractivity contribution in [3.05, 3.63) is 64.4 Å². The fourth-order valence-electron chi connectivity index (χ4n) is 1.42. The SMILES string of the molecule is O=C(O)c1ccc(/C=C/c2ccc(Cl)nc2)cc1. The van der Waals surface area contributed by atoms with Crippen molar-refractivity contribution in [3.8, 4) is 0 Å². The molecule has 0 amide bonds. The van der Waals surface area contributed by atoms with Crippen molar-refractivity contribution in [1.29, 1.82) is 0 Å². The van der Waals surface area contributed by atoms with Crippen LogP contribution in [0.2, 0.25) is 5.15 Å². The number of carboxylic acids is 1. The van der Waals surface area contributed by atoms with Crippen molar-refractivity contribution in [2.45, 2.75) is 0 Å². The van der Waals surface area contributed by atoms with Gasteiger partial charge in [0.2, 0.25) is 0 Å². The van der Waals surface area contributed by atoms with Gasteiger partial charge in [0.05, 0.1) is 5.56 Å². The van der Waals surface area contributed by atoms with E-state index in [0.29, 0.717) is 5.15 Å². The van der Waals surface area contributed by atoms with Gasteiger partial charge in [-0.05, 0) is 29.3 Å². The first-order valence-electron chi connectivity index (χ1n) is 5.28. The first-order valence-corrected chi connectivity index (χ1v) is 5.66. The molecule has 0 aliphatic rings. The lowest BCUT2D eigenvalue weighted by Gasteiger charge is -1.96. The van der Waals surface area contributed by atoms with Crippen LogP contribution >= 0.6 is 11.6 Å². The molecule has 2 aromatic rings. The van der Waals surface area contributed by atoms with Crippen LogP contribution in [0, 0.1) is 0 Å². The number of hydrogen-bond acceptors (Lipinski definition) is 2. The molecule has 0 aliphatic carbocycles. The van der Waals surface area contributed by atoms with Crippen molar-refractivity contribution in [2.24, 2.45) is 0 Å². The highest BCUT2D eigenvalue weighted by atomic mass is 35.5. The monoisotopic (exact) mass is 259 g/mol. The second kappa shape index (κ2) is 5.47. The first kappa shape index (κ1) is 12.3. The topological polar surface area (TPSA) is 50.2 Å². The molecule has 0 saturated heterocycles. The number of aromatic nitrogens is 1. The molecule has 1 heterocycles. The molecule has 0 spiro atoms. The molecule has 0 radical (unpaired) electrons. The molecule has 0 bridgehead atoms.